The van der Waals surface area contributed by atoms with Crippen molar-refractivity contribution < 1.29 is 0 Å². The van der Waals surface area contributed by atoms with Gasteiger partial charge in [-0.1, -0.05) is 41.1 Å². The molecule has 7 nitrogen and oxygen atoms in total. The second kappa shape index (κ2) is 7.01. The average molecular weight is 426 g/mol. The van der Waals surface area contributed by atoms with E-state index in [-0.39, 0.29) is 0 Å². The minimum Gasteiger partial charge on any atom is -0.304 e. The van der Waals surface area contributed by atoms with E-state index in [9.17, 15) is 0 Å². The van der Waals surface area contributed by atoms with Crippen molar-refractivity contribution in [1.82, 2.24) is 34.3 Å². The molecule has 0 bridgehead atoms. The first kappa shape index (κ1) is 17.4. The van der Waals surface area contributed by atoms with Crippen molar-refractivity contribution in [1.29, 1.82) is 0 Å². The fraction of sp³-hybridized carbons (Fsp3) is 0.0556. The highest BCUT2D eigenvalue weighted by atomic mass is 35.5. The fourth-order valence-corrected chi connectivity index (χ4v) is 4.63. The molecule has 0 spiro atoms. The minimum absolute atomic E-state index is 0.704. The number of hydrogen-bond donors (Lipinski definition) is 0. The number of imidazole rings is 1. The molecule has 0 atom stereocenters. The quantitative estimate of drug-likeness (QED) is 0.423. The van der Waals surface area contributed by atoms with E-state index in [1.54, 1.807) is 10.7 Å². The molecule has 5 aromatic rings. The van der Waals surface area contributed by atoms with Gasteiger partial charge in [0.1, 0.15) is 5.69 Å². The first-order chi connectivity index (χ1) is 13.7. The fourth-order valence-electron chi connectivity index (χ4n) is 2.68. The van der Waals surface area contributed by atoms with Crippen molar-refractivity contribution in [3.8, 4) is 22.8 Å². The van der Waals surface area contributed by atoms with Crippen molar-refractivity contribution in [3.63, 3.8) is 0 Å². The Morgan fingerprint density at radius 3 is 2.64 bits per heavy atom. The minimum atomic E-state index is 0.704. The zero-order chi connectivity index (χ0) is 19.1. The lowest BCUT2D eigenvalue weighted by atomic mass is 10.2. The van der Waals surface area contributed by atoms with Gasteiger partial charge in [0.05, 0.1) is 11.9 Å². The Balaban J connectivity index is 1.41. The number of fused-ring (bicyclic) bond motifs is 1. The third-order valence-corrected chi connectivity index (χ3v) is 6.34. The summed E-state index contributed by atoms with van der Waals surface area (Å²) < 4.78 is 4.54. The Kier molecular flexibility index (Phi) is 4.34. The van der Waals surface area contributed by atoms with Crippen LogP contribution >= 0.6 is 34.7 Å². The highest BCUT2D eigenvalue weighted by Gasteiger charge is 2.16. The summed E-state index contributed by atoms with van der Waals surface area (Å²) in [6, 6.07) is 13.3. The molecule has 4 aromatic heterocycles. The van der Waals surface area contributed by atoms with Crippen molar-refractivity contribution in [3.05, 3.63) is 59.9 Å². The Hall–Kier alpha value is -2.75. The van der Waals surface area contributed by atoms with Gasteiger partial charge in [-0.2, -0.15) is 0 Å². The van der Waals surface area contributed by atoms with Crippen LogP contribution in [0, 0.1) is 0 Å². The van der Waals surface area contributed by atoms with E-state index in [1.165, 1.54) is 23.1 Å². The molecular weight excluding hydrogens is 414 g/mol. The molecule has 0 unspecified atom stereocenters. The molecule has 0 N–H and O–H groups in total. The van der Waals surface area contributed by atoms with Crippen LogP contribution in [-0.4, -0.2) is 34.3 Å². The summed E-state index contributed by atoms with van der Waals surface area (Å²) in [5.74, 6) is 0.717. The monoisotopic (exact) mass is 425 g/mol. The Morgan fingerprint density at radius 2 is 1.89 bits per heavy atom. The van der Waals surface area contributed by atoms with Crippen LogP contribution in [0.5, 0.6) is 0 Å². The number of halogens is 1. The molecule has 0 amide bonds. The van der Waals surface area contributed by atoms with E-state index in [0.717, 1.165) is 37.2 Å². The summed E-state index contributed by atoms with van der Waals surface area (Å²) in [6.07, 6.45) is 3.65. The van der Waals surface area contributed by atoms with Gasteiger partial charge in [0.25, 0.3) is 0 Å². The maximum absolute atomic E-state index is 5.95. The van der Waals surface area contributed by atoms with Crippen molar-refractivity contribution >= 4 is 39.7 Å². The van der Waals surface area contributed by atoms with E-state index in [4.69, 9.17) is 11.6 Å². The number of nitrogens with zero attached hydrogens (tertiary/aromatic N) is 7. The molecular formula is C18H12ClN7S2. The third kappa shape index (κ3) is 3.17. The van der Waals surface area contributed by atoms with Crippen LogP contribution in [0.1, 0.15) is 0 Å². The van der Waals surface area contributed by atoms with E-state index >= 15 is 0 Å². The summed E-state index contributed by atoms with van der Waals surface area (Å²) >= 11 is 8.91. The number of pyridine rings is 1. The molecule has 0 fully saturated rings. The molecule has 0 aliphatic rings. The second-order valence-electron chi connectivity index (χ2n) is 5.91. The largest absolute Gasteiger partial charge is 0.304 e. The average Bonchev–Trinajstić information content (AvgIpc) is 3.37. The number of aromatic nitrogens is 7. The highest BCUT2D eigenvalue weighted by Crippen LogP contribution is 2.32. The van der Waals surface area contributed by atoms with Crippen LogP contribution in [0.4, 0.5) is 0 Å². The summed E-state index contributed by atoms with van der Waals surface area (Å²) in [5.41, 5.74) is 2.65. The molecule has 5 rings (SSSR count). The van der Waals surface area contributed by atoms with Gasteiger partial charge in [-0.25, -0.2) is 9.50 Å². The van der Waals surface area contributed by atoms with Crippen LogP contribution in [0.3, 0.4) is 0 Å². The molecule has 138 valence electrons. The van der Waals surface area contributed by atoms with Gasteiger partial charge < -0.3 is 4.57 Å². The maximum atomic E-state index is 5.95. The second-order valence-corrected chi connectivity index (χ2v) is 8.52. The number of hydrogen-bond acceptors (Lipinski definition) is 7. The molecule has 0 aliphatic carbocycles. The van der Waals surface area contributed by atoms with Crippen LogP contribution < -0.4 is 0 Å². The van der Waals surface area contributed by atoms with E-state index in [0.29, 0.717) is 5.02 Å². The first-order valence-corrected chi connectivity index (χ1v) is 10.3. The smallest absolute Gasteiger partial charge is 0.213 e. The van der Waals surface area contributed by atoms with Crippen LogP contribution in [0.2, 0.25) is 5.02 Å². The SMILES string of the molecule is Cn1c(Sc2nn3cc(-c4ccc(Cl)cc4)nc3s2)nnc1-c1ccccn1. The topological polar surface area (TPSA) is 73.8 Å². The summed E-state index contributed by atoms with van der Waals surface area (Å²) in [7, 11) is 1.92. The van der Waals surface area contributed by atoms with Crippen LogP contribution in [0.25, 0.3) is 27.7 Å². The number of benzene rings is 1. The van der Waals surface area contributed by atoms with Crippen LogP contribution in [-0.2, 0) is 7.05 Å². The summed E-state index contributed by atoms with van der Waals surface area (Å²) in [4.78, 5) is 9.81. The molecule has 0 saturated carbocycles. The highest BCUT2D eigenvalue weighted by molar-refractivity contribution is 8.01. The lowest BCUT2D eigenvalue weighted by Gasteiger charge is -2.01. The third-order valence-electron chi connectivity index (χ3n) is 4.07. The predicted molar refractivity (Wildman–Crippen MR) is 110 cm³/mol. The van der Waals surface area contributed by atoms with E-state index in [1.807, 2.05) is 60.3 Å². The first-order valence-electron chi connectivity index (χ1n) is 8.28. The van der Waals surface area contributed by atoms with Gasteiger partial charge in [-0.05, 0) is 36.0 Å². The van der Waals surface area contributed by atoms with Gasteiger partial charge in [-0.15, -0.1) is 15.3 Å². The molecule has 1 aromatic carbocycles. The normalized spacial score (nSPS) is 11.4. The van der Waals surface area contributed by atoms with Gasteiger partial charge in [-0.3, -0.25) is 4.98 Å². The van der Waals surface area contributed by atoms with E-state index < -0.39 is 0 Å². The Labute approximate surface area is 173 Å². The van der Waals surface area contributed by atoms with Crippen LogP contribution in [0.15, 0.2) is 64.4 Å². The number of rotatable bonds is 4. The van der Waals surface area contributed by atoms with Crippen molar-refractivity contribution in [2.24, 2.45) is 7.05 Å². The summed E-state index contributed by atoms with van der Waals surface area (Å²) in [5, 5.41) is 14.6. The zero-order valence-electron chi connectivity index (χ0n) is 14.5. The lowest BCUT2D eigenvalue weighted by Crippen LogP contribution is -1.95. The predicted octanol–water partition coefficient (Wildman–Crippen LogP) is 4.45. The molecule has 0 radical (unpaired) electrons. The zero-order valence-corrected chi connectivity index (χ0v) is 16.9. The molecule has 28 heavy (non-hydrogen) atoms. The van der Waals surface area contributed by atoms with Gasteiger partial charge in [0, 0.05) is 23.8 Å². The molecule has 10 heteroatoms. The van der Waals surface area contributed by atoms with Gasteiger partial charge in [0.2, 0.25) is 4.96 Å². The van der Waals surface area contributed by atoms with Gasteiger partial charge >= 0.3 is 0 Å². The van der Waals surface area contributed by atoms with Crippen molar-refractivity contribution in [2.75, 3.05) is 0 Å². The lowest BCUT2D eigenvalue weighted by molar-refractivity contribution is 0.790. The molecule has 4 heterocycles. The molecule has 0 saturated heterocycles. The van der Waals surface area contributed by atoms with Crippen molar-refractivity contribution in [2.45, 2.75) is 9.50 Å². The van der Waals surface area contributed by atoms with E-state index in [2.05, 4.69) is 25.3 Å². The Morgan fingerprint density at radius 1 is 1.04 bits per heavy atom. The van der Waals surface area contributed by atoms with Gasteiger partial charge in [0.15, 0.2) is 15.3 Å². The summed E-state index contributed by atoms with van der Waals surface area (Å²) in [6.45, 7) is 0. The molecule has 0 aliphatic heterocycles. The maximum Gasteiger partial charge on any atom is 0.213 e. The Bertz CT molecular complexity index is 1230. The standard InChI is InChI=1S/C18H12ClN7S2/c1-25-15(13-4-2-3-9-20-13)22-23-17(25)28-18-24-26-10-14(21-16(26)27-18)11-5-7-12(19)8-6-11/h2-10H,1H3.